The molecule has 1 amide bonds. The molecular weight excluding hydrogens is 410 g/mol. The third-order valence-corrected chi connectivity index (χ3v) is 6.33. The van der Waals surface area contributed by atoms with Crippen molar-refractivity contribution < 1.29 is 9.53 Å². The van der Waals surface area contributed by atoms with E-state index in [-0.39, 0.29) is 11.2 Å². The quantitative estimate of drug-likeness (QED) is 0.570. The zero-order chi connectivity index (χ0) is 21.6. The molecule has 31 heavy (non-hydrogen) atoms. The van der Waals surface area contributed by atoms with Crippen LogP contribution in [0.4, 0.5) is 11.4 Å². The maximum absolute atomic E-state index is 12.8. The molecule has 0 saturated carbocycles. The first-order valence-corrected chi connectivity index (χ1v) is 11.3. The number of thioether (sulfide) groups is 1. The molecule has 1 N–H and O–H groups in total. The lowest BCUT2D eigenvalue weighted by atomic mass is 10.2. The summed E-state index contributed by atoms with van der Waals surface area (Å²) in [5, 5.41) is 11.9. The van der Waals surface area contributed by atoms with Crippen molar-refractivity contribution >= 4 is 29.0 Å². The highest BCUT2D eigenvalue weighted by atomic mass is 32.2. The van der Waals surface area contributed by atoms with E-state index in [9.17, 15) is 4.79 Å². The van der Waals surface area contributed by atoms with Crippen molar-refractivity contribution in [3.05, 3.63) is 66.0 Å². The lowest BCUT2D eigenvalue weighted by molar-refractivity contribution is -0.115. The number of amides is 1. The smallest absolute Gasteiger partial charge is 0.237 e. The number of aryl methyl sites for hydroxylation is 1. The molecule has 1 saturated heterocycles. The van der Waals surface area contributed by atoms with Crippen molar-refractivity contribution in [2.24, 2.45) is 0 Å². The second kappa shape index (κ2) is 9.98. The van der Waals surface area contributed by atoms with Gasteiger partial charge in [-0.3, -0.25) is 4.79 Å². The summed E-state index contributed by atoms with van der Waals surface area (Å²) < 4.78 is 7.45. The Bertz CT molecular complexity index is 1000. The van der Waals surface area contributed by atoms with Gasteiger partial charge < -0.3 is 19.5 Å². The minimum absolute atomic E-state index is 0.0592. The number of carbonyl (C=O) groups excluding carboxylic acids is 1. The highest BCUT2D eigenvalue weighted by Crippen LogP contribution is 2.25. The van der Waals surface area contributed by atoms with Gasteiger partial charge >= 0.3 is 0 Å². The van der Waals surface area contributed by atoms with Crippen LogP contribution in [0.2, 0.25) is 0 Å². The van der Waals surface area contributed by atoms with E-state index in [1.54, 1.807) is 0 Å². The first kappa shape index (κ1) is 21.4. The Morgan fingerprint density at radius 3 is 2.52 bits per heavy atom. The SMILES string of the molecule is Cc1nnc(S[C@H](C)C(=O)Nc2ccc(N3CCOCC3)cc2)n1Cc1ccccc1. The van der Waals surface area contributed by atoms with Crippen molar-refractivity contribution in [2.45, 2.75) is 30.8 Å². The molecular formula is C23H27N5O2S. The lowest BCUT2D eigenvalue weighted by Crippen LogP contribution is -2.36. The molecule has 4 rings (SSSR count). The van der Waals surface area contributed by atoms with Crippen LogP contribution in [0.15, 0.2) is 59.8 Å². The summed E-state index contributed by atoms with van der Waals surface area (Å²) in [6.45, 7) is 7.78. The van der Waals surface area contributed by atoms with Gasteiger partial charge in [0.2, 0.25) is 5.91 Å². The number of aromatic nitrogens is 3. The zero-order valence-corrected chi connectivity index (χ0v) is 18.6. The summed E-state index contributed by atoms with van der Waals surface area (Å²) in [5.41, 5.74) is 3.11. The van der Waals surface area contributed by atoms with Crippen LogP contribution in [0.3, 0.4) is 0 Å². The molecule has 3 aromatic rings. The predicted octanol–water partition coefficient (Wildman–Crippen LogP) is 3.59. The number of ether oxygens (including phenoxy) is 1. The fourth-order valence-corrected chi connectivity index (χ4v) is 4.32. The molecule has 0 radical (unpaired) electrons. The molecule has 1 aromatic heterocycles. The van der Waals surface area contributed by atoms with E-state index in [2.05, 4.69) is 32.5 Å². The second-order valence-corrected chi connectivity index (χ2v) is 8.81. The number of morpholine rings is 1. The minimum atomic E-state index is -0.308. The van der Waals surface area contributed by atoms with E-state index >= 15 is 0 Å². The number of hydrogen-bond acceptors (Lipinski definition) is 6. The van der Waals surface area contributed by atoms with Gasteiger partial charge in [-0.05, 0) is 43.7 Å². The highest BCUT2D eigenvalue weighted by molar-refractivity contribution is 8.00. The van der Waals surface area contributed by atoms with Crippen molar-refractivity contribution in [1.82, 2.24) is 14.8 Å². The van der Waals surface area contributed by atoms with Gasteiger partial charge in [0.1, 0.15) is 5.82 Å². The lowest BCUT2D eigenvalue weighted by Gasteiger charge is -2.28. The Morgan fingerprint density at radius 2 is 1.81 bits per heavy atom. The molecule has 1 fully saturated rings. The van der Waals surface area contributed by atoms with Crippen LogP contribution in [0.1, 0.15) is 18.3 Å². The van der Waals surface area contributed by atoms with E-state index in [0.29, 0.717) is 6.54 Å². The van der Waals surface area contributed by atoms with E-state index in [0.717, 1.165) is 48.7 Å². The summed E-state index contributed by atoms with van der Waals surface area (Å²) in [6.07, 6.45) is 0. The summed E-state index contributed by atoms with van der Waals surface area (Å²) in [4.78, 5) is 15.1. The number of hydrogen-bond donors (Lipinski definition) is 1. The first-order valence-electron chi connectivity index (χ1n) is 10.4. The molecule has 1 atom stereocenters. The van der Waals surface area contributed by atoms with Crippen LogP contribution >= 0.6 is 11.8 Å². The Kier molecular flexibility index (Phi) is 6.89. The Labute approximate surface area is 186 Å². The van der Waals surface area contributed by atoms with Gasteiger partial charge in [0.15, 0.2) is 5.16 Å². The number of carbonyl (C=O) groups is 1. The average Bonchev–Trinajstić information content (AvgIpc) is 3.14. The Balaban J connectivity index is 1.37. The second-order valence-electron chi connectivity index (χ2n) is 7.50. The van der Waals surface area contributed by atoms with Crippen molar-refractivity contribution in [3.63, 3.8) is 0 Å². The number of anilines is 2. The Morgan fingerprint density at radius 1 is 1.10 bits per heavy atom. The van der Waals surface area contributed by atoms with Gasteiger partial charge in [0.05, 0.1) is 25.0 Å². The molecule has 1 aliphatic heterocycles. The monoisotopic (exact) mass is 437 g/mol. The molecule has 2 heterocycles. The number of benzene rings is 2. The fraction of sp³-hybridized carbons (Fsp3) is 0.348. The zero-order valence-electron chi connectivity index (χ0n) is 17.8. The topological polar surface area (TPSA) is 72.3 Å². The standard InChI is InChI=1S/C23H27N5O2S/c1-17(31-23-26-25-18(2)28(23)16-19-6-4-3-5-7-19)22(29)24-20-8-10-21(11-9-20)27-12-14-30-15-13-27/h3-11,17H,12-16H2,1-2H3,(H,24,29)/t17-/m1/s1. The molecule has 0 aliphatic carbocycles. The average molecular weight is 438 g/mol. The highest BCUT2D eigenvalue weighted by Gasteiger charge is 2.20. The van der Waals surface area contributed by atoms with E-state index < -0.39 is 0 Å². The van der Waals surface area contributed by atoms with Gasteiger partial charge in [-0.25, -0.2) is 0 Å². The van der Waals surface area contributed by atoms with Crippen LogP contribution in [0.5, 0.6) is 0 Å². The number of nitrogens with one attached hydrogen (secondary N) is 1. The maximum Gasteiger partial charge on any atom is 0.237 e. The maximum atomic E-state index is 12.8. The number of rotatable bonds is 7. The van der Waals surface area contributed by atoms with Crippen LogP contribution < -0.4 is 10.2 Å². The summed E-state index contributed by atoms with van der Waals surface area (Å²) in [5.74, 6) is 0.772. The third-order valence-electron chi connectivity index (χ3n) is 5.25. The minimum Gasteiger partial charge on any atom is -0.378 e. The molecule has 0 bridgehead atoms. The van der Waals surface area contributed by atoms with Crippen LogP contribution in [-0.4, -0.2) is 52.2 Å². The van der Waals surface area contributed by atoms with Gasteiger partial charge in [0.25, 0.3) is 0 Å². The Hall–Kier alpha value is -2.84. The molecule has 8 heteroatoms. The van der Waals surface area contributed by atoms with Gasteiger partial charge in [0, 0.05) is 24.5 Å². The van der Waals surface area contributed by atoms with Crippen molar-refractivity contribution in [3.8, 4) is 0 Å². The number of nitrogens with zero attached hydrogens (tertiary/aromatic N) is 4. The third kappa shape index (κ3) is 5.45. The van der Waals surface area contributed by atoms with Gasteiger partial charge in [-0.2, -0.15) is 0 Å². The van der Waals surface area contributed by atoms with Gasteiger partial charge in [-0.1, -0.05) is 42.1 Å². The predicted molar refractivity (Wildman–Crippen MR) is 124 cm³/mol. The largest absolute Gasteiger partial charge is 0.378 e. The molecule has 1 aliphatic rings. The normalized spacial score (nSPS) is 15.0. The first-order chi connectivity index (χ1) is 15.1. The van der Waals surface area contributed by atoms with Crippen molar-refractivity contribution in [1.29, 1.82) is 0 Å². The summed E-state index contributed by atoms with van der Waals surface area (Å²) in [6, 6.07) is 18.2. The van der Waals surface area contributed by atoms with Gasteiger partial charge in [-0.15, -0.1) is 10.2 Å². The summed E-state index contributed by atoms with van der Waals surface area (Å²) >= 11 is 1.42. The van der Waals surface area contributed by atoms with Crippen LogP contribution in [-0.2, 0) is 16.1 Å². The molecule has 0 spiro atoms. The van der Waals surface area contributed by atoms with E-state index in [4.69, 9.17) is 4.74 Å². The van der Waals surface area contributed by atoms with Crippen LogP contribution in [0.25, 0.3) is 0 Å². The molecule has 7 nitrogen and oxygen atoms in total. The van der Waals surface area contributed by atoms with Crippen LogP contribution in [0, 0.1) is 6.92 Å². The van der Waals surface area contributed by atoms with Crippen molar-refractivity contribution in [2.75, 3.05) is 36.5 Å². The van der Waals surface area contributed by atoms with E-state index in [1.165, 1.54) is 17.3 Å². The molecule has 162 valence electrons. The molecule has 2 aromatic carbocycles. The fourth-order valence-electron chi connectivity index (χ4n) is 3.43. The summed E-state index contributed by atoms with van der Waals surface area (Å²) in [7, 11) is 0. The van der Waals surface area contributed by atoms with E-state index in [1.807, 2.05) is 60.9 Å². The molecule has 0 unspecified atom stereocenters.